The van der Waals surface area contributed by atoms with Crippen LogP contribution in [0.2, 0.25) is 5.02 Å². The number of hydrogen-bond donors (Lipinski definition) is 1. The molecule has 1 N–H and O–H groups in total. The smallest absolute Gasteiger partial charge is 0.130 e. The van der Waals surface area contributed by atoms with E-state index in [2.05, 4.69) is 29.8 Å². The van der Waals surface area contributed by atoms with Crippen LogP contribution in [-0.4, -0.2) is 5.11 Å². The highest BCUT2D eigenvalue weighted by molar-refractivity contribution is 9.10. The number of aliphatic hydroxyl groups excluding tert-OH is 1. The number of benzene rings is 1. The molecule has 1 unspecified atom stereocenters. The van der Waals surface area contributed by atoms with Crippen LogP contribution in [0.15, 0.2) is 16.6 Å². The van der Waals surface area contributed by atoms with Gasteiger partial charge in [0.05, 0.1) is 11.1 Å². The second-order valence-electron chi connectivity index (χ2n) is 6.36. The Morgan fingerprint density at radius 2 is 1.95 bits per heavy atom. The summed E-state index contributed by atoms with van der Waals surface area (Å²) in [6.07, 6.45) is 4.27. The summed E-state index contributed by atoms with van der Waals surface area (Å²) in [5.41, 5.74) is 0.132. The van der Waals surface area contributed by atoms with Crippen LogP contribution in [0, 0.1) is 17.2 Å². The summed E-state index contributed by atoms with van der Waals surface area (Å²) >= 11 is 9.28. The molecule has 1 nitrogen and oxygen atoms in total. The summed E-state index contributed by atoms with van der Waals surface area (Å²) in [4.78, 5) is 0. The van der Waals surface area contributed by atoms with E-state index in [1.165, 1.54) is 6.07 Å². The van der Waals surface area contributed by atoms with E-state index in [1.807, 2.05) is 0 Å². The average molecular weight is 364 g/mol. The molecule has 0 saturated heterocycles. The molecule has 4 heteroatoms. The minimum atomic E-state index is -0.780. The molecule has 1 fully saturated rings. The summed E-state index contributed by atoms with van der Waals surface area (Å²) in [7, 11) is 0. The highest BCUT2D eigenvalue weighted by Crippen LogP contribution is 2.52. The van der Waals surface area contributed by atoms with Gasteiger partial charge in [0.1, 0.15) is 5.82 Å². The normalized spacial score (nSPS) is 19.6. The molecular formula is C16H21BrClFO. The molecule has 0 heterocycles. The largest absolute Gasteiger partial charge is 0.388 e. The van der Waals surface area contributed by atoms with Crippen molar-refractivity contribution in [1.29, 1.82) is 0 Å². The third-order valence-corrected chi connectivity index (χ3v) is 5.53. The molecule has 1 aliphatic rings. The maximum Gasteiger partial charge on any atom is 0.130 e. The first-order chi connectivity index (χ1) is 9.35. The Balaban J connectivity index is 2.37. The van der Waals surface area contributed by atoms with Crippen LogP contribution >= 0.6 is 27.5 Å². The van der Waals surface area contributed by atoms with E-state index >= 15 is 0 Å². The van der Waals surface area contributed by atoms with Crippen molar-refractivity contribution < 1.29 is 9.50 Å². The fourth-order valence-corrected chi connectivity index (χ4v) is 4.05. The fourth-order valence-electron chi connectivity index (χ4n) is 3.56. The summed E-state index contributed by atoms with van der Waals surface area (Å²) in [5.74, 6) is 0.0977. The van der Waals surface area contributed by atoms with Gasteiger partial charge >= 0.3 is 0 Å². The van der Waals surface area contributed by atoms with Crippen molar-refractivity contribution in [3.8, 4) is 0 Å². The lowest BCUT2D eigenvalue weighted by Crippen LogP contribution is -2.28. The number of rotatable bonds is 4. The first kappa shape index (κ1) is 16.3. The molecule has 0 spiro atoms. The fraction of sp³-hybridized carbons (Fsp3) is 0.625. The number of hydrogen-bond acceptors (Lipinski definition) is 1. The number of halogens is 3. The molecule has 0 amide bonds. The van der Waals surface area contributed by atoms with Crippen molar-refractivity contribution in [2.75, 3.05) is 0 Å². The van der Waals surface area contributed by atoms with Gasteiger partial charge in [-0.3, -0.25) is 0 Å². The lowest BCUT2D eigenvalue weighted by Gasteiger charge is -2.36. The topological polar surface area (TPSA) is 20.2 Å². The molecule has 1 aromatic rings. The molecule has 112 valence electrons. The van der Waals surface area contributed by atoms with Gasteiger partial charge in [0.25, 0.3) is 0 Å². The van der Waals surface area contributed by atoms with Crippen LogP contribution in [-0.2, 0) is 0 Å². The van der Waals surface area contributed by atoms with Gasteiger partial charge in [-0.25, -0.2) is 4.39 Å². The van der Waals surface area contributed by atoms with Gasteiger partial charge in [-0.15, -0.1) is 0 Å². The van der Waals surface area contributed by atoms with Crippen LogP contribution in [0.3, 0.4) is 0 Å². The molecule has 2 rings (SSSR count). The van der Waals surface area contributed by atoms with Gasteiger partial charge in [-0.2, -0.15) is 0 Å². The van der Waals surface area contributed by atoms with Gasteiger partial charge < -0.3 is 5.11 Å². The van der Waals surface area contributed by atoms with Crippen molar-refractivity contribution >= 4 is 27.5 Å². The Morgan fingerprint density at radius 1 is 1.35 bits per heavy atom. The van der Waals surface area contributed by atoms with E-state index in [0.717, 1.165) is 32.1 Å². The van der Waals surface area contributed by atoms with Gasteiger partial charge in [-0.1, -0.05) is 38.3 Å². The molecule has 0 radical (unpaired) electrons. The predicted octanol–water partition coefficient (Wildman–Crippen LogP) is 5.88. The first-order valence-electron chi connectivity index (χ1n) is 7.18. The number of aliphatic hydroxyl groups is 1. The Morgan fingerprint density at radius 3 is 2.50 bits per heavy atom. The predicted molar refractivity (Wildman–Crippen MR) is 84.4 cm³/mol. The molecule has 1 aromatic carbocycles. The monoisotopic (exact) mass is 362 g/mol. The van der Waals surface area contributed by atoms with Crippen molar-refractivity contribution in [2.45, 2.75) is 52.1 Å². The zero-order valence-corrected chi connectivity index (χ0v) is 14.3. The van der Waals surface area contributed by atoms with Crippen molar-refractivity contribution in [3.63, 3.8) is 0 Å². The second kappa shape index (κ2) is 6.33. The maximum atomic E-state index is 14.2. The zero-order valence-electron chi connectivity index (χ0n) is 11.9. The van der Waals surface area contributed by atoms with Gasteiger partial charge in [0.15, 0.2) is 0 Å². The van der Waals surface area contributed by atoms with Crippen LogP contribution in [0.4, 0.5) is 4.39 Å². The quantitative estimate of drug-likeness (QED) is 0.662. The van der Waals surface area contributed by atoms with Gasteiger partial charge in [-0.05, 0) is 53.2 Å². The lowest BCUT2D eigenvalue weighted by atomic mass is 9.72. The Bertz CT molecular complexity index is 484. The maximum absolute atomic E-state index is 14.2. The molecule has 0 bridgehead atoms. The zero-order chi connectivity index (χ0) is 14.9. The molecule has 1 aliphatic carbocycles. The Hall–Kier alpha value is -0.120. The van der Waals surface area contributed by atoms with Gasteiger partial charge in [0.2, 0.25) is 0 Å². The summed E-state index contributed by atoms with van der Waals surface area (Å²) in [6, 6.07) is 2.91. The first-order valence-corrected chi connectivity index (χ1v) is 8.35. The van der Waals surface area contributed by atoms with E-state index in [9.17, 15) is 9.50 Å². The summed E-state index contributed by atoms with van der Waals surface area (Å²) in [5, 5.41) is 11.2. The van der Waals surface area contributed by atoms with Crippen molar-refractivity contribution in [3.05, 3.63) is 33.0 Å². The molecular weight excluding hydrogens is 343 g/mol. The molecule has 1 saturated carbocycles. The molecule has 1 atom stereocenters. The third kappa shape index (κ3) is 3.20. The minimum absolute atomic E-state index is 0.202. The highest BCUT2D eigenvalue weighted by atomic mass is 79.9. The van der Waals surface area contributed by atoms with E-state index in [-0.39, 0.29) is 11.2 Å². The van der Waals surface area contributed by atoms with Gasteiger partial charge in [0, 0.05) is 15.5 Å². The second-order valence-corrected chi connectivity index (χ2v) is 7.62. The van der Waals surface area contributed by atoms with E-state index in [4.69, 9.17) is 11.6 Å². The van der Waals surface area contributed by atoms with Crippen LogP contribution in [0.1, 0.15) is 57.6 Å². The lowest BCUT2D eigenvalue weighted by molar-refractivity contribution is 0.00876. The standard InChI is InChI=1S/C16H21BrClFO/c1-10(2)9-16(5-3-4-6-16)15(20)11-7-13(18)12(17)8-14(11)19/h7-8,10,15,20H,3-6,9H2,1-2H3. The third-order valence-electron chi connectivity index (χ3n) is 4.33. The summed E-state index contributed by atoms with van der Waals surface area (Å²) < 4.78 is 14.7. The summed E-state index contributed by atoms with van der Waals surface area (Å²) in [6.45, 7) is 4.30. The van der Waals surface area contributed by atoms with E-state index < -0.39 is 6.10 Å². The molecule has 0 aliphatic heterocycles. The van der Waals surface area contributed by atoms with Crippen LogP contribution in [0.5, 0.6) is 0 Å². The highest BCUT2D eigenvalue weighted by Gasteiger charge is 2.42. The SMILES string of the molecule is CC(C)CC1(C(O)c2cc(Cl)c(Br)cc2F)CCCC1. The minimum Gasteiger partial charge on any atom is -0.388 e. The average Bonchev–Trinajstić information content (AvgIpc) is 2.81. The van der Waals surface area contributed by atoms with E-state index in [1.54, 1.807) is 6.07 Å². The van der Waals surface area contributed by atoms with E-state index in [0.29, 0.717) is 21.0 Å². The van der Waals surface area contributed by atoms with Crippen molar-refractivity contribution in [1.82, 2.24) is 0 Å². The Kier molecular flexibility index (Phi) is 5.14. The van der Waals surface area contributed by atoms with Crippen molar-refractivity contribution in [2.24, 2.45) is 11.3 Å². The molecule has 20 heavy (non-hydrogen) atoms. The Labute approximate surface area is 133 Å². The van der Waals surface area contributed by atoms with Crippen LogP contribution in [0.25, 0.3) is 0 Å². The van der Waals surface area contributed by atoms with Crippen LogP contribution < -0.4 is 0 Å². The molecule has 0 aromatic heterocycles.